The highest BCUT2D eigenvalue weighted by Gasteiger charge is 2.22. The van der Waals surface area contributed by atoms with Crippen LogP contribution in [0.5, 0.6) is 0 Å². The zero-order valence-electron chi connectivity index (χ0n) is 16.1. The first-order valence-corrected chi connectivity index (χ1v) is 9.53. The number of carbonyl (C=O) groups is 2. The van der Waals surface area contributed by atoms with Crippen molar-refractivity contribution in [1.82, 2.24) is 5.32 Å². The second-order valence-electron chi connectivity index (χ2n) is 7.22. The molecule has 0 aliphatic carbocycles. The molecular formula is C22H28N3O2+. The normalized spacial score (nSPS) is 14.8. The first-order chi connectivity index (χ1) is 13.0. The van der Waals surface area contributed by atoms with Gasteiger partial charge in [-0.15, -0.1) is 0 Å². The topological polar surface area (TPSA) is 53.9 Å². The lowest BCUT2D eigenvalue weighted by atomic mass is 10.1. The zero-order chi connectivity index (χ0) is 19.2. The van der Waals surface area contributed by atoms with Crippen molar-refractivity contribution in [3.05, 3.63) is 65.2 Å². The van der Waals surface area contributed by atoms with Crippen molar-refractivity contribution in [3.8, 4) is 0 Å². The first-order valence-electron chi connectivity index (χ1n) is 9.53. The molecule has 0 atom stereocenters. The number of aryl methyl sites for hydroxylation is 1. The Hall–Kier alpha value is -2.66. The smallest absolute Gasteiger partial charge is 0.275 e. The van der Waals surface area contributed by atoms with E-state index in [1.165, 1.54) is 16.0 Å². The van der Waals surface area contributed by atoms with Crippen LogP contribution in [0.4, 0.5) is 5.69 Å². The fourth-order valence-electron chi connectivity index (χ4n) is 3.46. The van der Waals surface area contributed by atoms with Crippen LogP contribution in [0.3, 0.4) is 0 Å². The average Bonchev–Trinajstić information content (AvgIpc) is 2.68. The Labute approximate surface area is 161 Å². The Morgan fingerprint density at radius 3 is 2.33 bits per heavy atom. The number of amides is 1. The number of nitrogens with one attached hydrogen (secondary N) is 2. The van der Waals surface area contributed by atoms with Crippen LogP contribution in [0.25, 0.3) is 0 Å². The lowest BCUT2D eigenvalue weighted by Crippen LogP contribution is -3.15. The molecule has 3 rings (SSSR count). The van der Waals surface area contributed by atoms with Gasteiger partial charge in [-0.25, -0.2) is 0 Å². The third kappa shape index (κ3) is 5.17. The summed E-state index contributed by atoms with van der Waals surface area (Å²) in [5.74, 6) is 0.194. The van der Waals surface area contributed by atoms with Crippen molar-refractivity contribution in [1.29, 1.82) is 0 Å². The number of rotatable bonds is 6. The Balaban J connectivity index is 1.44. The van der Waals surface area contributed by atoms with E-state index in [9.17, 15) is 9.59 Å². The van der Waals surface area contributed by atoms with Crippen molar-refractivity contribution in [2.75, 3.05) is 37.6 Å². The maximum absolute atomic E-state index is 12.3. The molecule has 0 bridgehead atoms. The van der Waals surface area contributed by atoms with Gasteiger partial charge in [0.2, 0.25) is 0 Å². The molecule has 2 N–H and O–H groups in total. The third-order valence-electron chi connectivity index (χ3n) is 5.26. The third-order valence-corrected chi connectivity index (χ3v) is 5.26. The molecule has 1 heterocycles. The molecule has 2 aromatic rings. The summed E-state index contributed by atoms with van der Waals surface area (Å²) < 4.78 is 0. The molecule has 1 fully saturated rings. The molecule has 1 aliphatic rings. The number of Topliss-reactive ketones (excluding diaryl/α,β-unsaturated/α-hetero) is 1. The summed E-state index contributed by atoms with van der Waals surface area (Å²) in [6.07, 6.45) is 0. The number of piperazine rings is 1. The van der Waals surface area contributed by atoms with Gasteiger partial charge in [0, 0.05) is 17.8 Å². The molecule has 0 radical (unpaired) electrons. The molecule has 5 nitrogen and oxygen atoms in total. The maximum Gasteiger partial charge on any atom is 0.275 e. The number of nitrogens with zero attached hydrogens (tertiary/aromatic N) is 1. The van der Waals surface area contributed by atoms with Crippen molar-refractivity contribution in [2.24, 2.45) is 0 Å². The number of benzene rings is 2. The van der Waals surface area contributed by atoms with E-state index < -0.39 is 0 Å². The SMILES string of the molecule is CC(=O)c1ccc(N2CC[NH+](CC(=O)NCc3ccccc3C)CC2)cc1. The summed E-state index contributed by atoms with van der Waals surface area (Å²) in [5, 5.41) is 3.04. The van der Waals surface area contributed by atoms with E-state index in [0.717, 1.165) is 37.4 Å². The molecule has 0 aromatic heterocycles. The lowest BCUT2D eigenvalue weighted by Gasteiger charge is -2.33. The van der Waals surface area contributed by atoms with E-state index in [0.29, 0.717) is 13.1 Å². The number of hydrogen-bond donors (Lipinski definition) is 2. The standard InChI is InChI=1S/C22H27N3O2/c1-17-5-3-4-6-20(17)15-23-22(27)16-24-11-13-25(14-12-24)21-9-7-19(8-10-21)18(2)26/h3-10H,11-16H2,1-2H3,(H,23,27)/p+1. The minimum Gasteiger partial charge on any atom is -0.360 e. The Morgan fingerprint density at radius 2 is 1.70 bits per heavy atom. The average molecular weight is 366 g/mol. The van der Waals surface area contributed by atoms with Gasteiger partial charge in [0.1, 0.15) is 0 Å². The van der Waals surface area contributed by atoms with Crippen LogP contribution in [-0.4, -0.2) is 44.4 Å². The van der Waals surface area contributed by atoms with Crippen molar-refractivity contribution < 1.29 is 14.5 Å². The Morgan fingerprint density at radius 1 is 1.04 bits per heavy atom. The van der Waals surface area contributed by atoms with Crippen LogP contribution >= 0.6 is 0 Å². The molecule has 1 saturated heterocycles. The molecule has 142 valence electrons. The van der Waals surface area contributed by atoms with Gasteiger partial charge in [-0.2, -0.15) is 0 Å². The van der Waals surface area contributed by atoms with Crippen LogP contribution in [0.15, 0.2) is 48.5 Å². The summed E-state index contributed by atoms with van der Waals surface area (Å²) in [6, 6.07) is 15.9. The summed E-state index contributed by atoms with van der Waals surface area (Å²) >= 11 is 0. The highest BCUT2D eigenvalue weighted by Crippen LogP contribution is 2.15. The Bertz CT molecular complexity index is 793. The number of hydrogen-bond acceptors (Lipinski definition) is 3. The summed E-state index contributed by atoms with van der Waals surface area (Å²) in [6.45, 7) is 8.46. The lowest BCUT2D eigenvalue weighted by molar-refractivity contribution is -0.892. The quantitative estimate of drug-likeness (QED) is 0.756. The van der Waals surface area contributed by atoms with Crippen molar-refractivity contribution in [3.63, 3.8) is 0 Å². The monoisotopic (exact) mass is 366 g/mol. The molecular weight excluding hydrogens is 338 g/mol. The van der Waals surface area contributed by atoms with E-state index in [1.54, 1.807) is 6.92 Å². The van der Waals surface area contributed by atoms with Crippen LogP contribution in [0, 0.1) is 6.92 Å². The number of anilines is 1. The molecule has 1 amide bonds. The predicted molar refractivity (Wildman–Crippen MR) is 107 cm³/mol. The second kappa shape index (κ2) is 8.82. The maximum atomic E-state index is 12.3. The summed E-state index contributed by atoms with van der Waals surface area (Å²) in [4.78, 5) is 27.3. The number of ketones is 1. The fraction of sp³-hybridized carbons (Fsp3) is 0.364. The summed E-state index contributed by atoms with van der Waals surface area (Å²) in [7, 11) is 0. The van der Waals surface area contributed by atoms with E-state index >= 15 is 0 Å². The molecule has 2 aromatic carbocycles. The van der Waals surface area contributed by atoms with E-state index in [2.05, 4.69) is 29.3 Å². The van der Waals surface area contributed by atoms with Crippen LogP contribution in [0.2, 0.25) is 0 Å². The molecule has 5 heteroatoms. The van der Waals surface area contributed by atoms with Crippen molar-refractivity contribution in [2.45, 2.75) is 20.4 Å². The van der Waals surface area contributed by atoms with Gasteiger partial charge in [-0.05, 0) is 49.2 Å². The number of quaternary nitrogens is 1. The van der Waals surface area contributed by atoms with Gasteiger partial charge in [0.25, 0.3) is 5.91 Å². The minimum atomic E-state index is 0.0903. The van der Waals surface area contributed by atoms with Gasteiger partial charge in [-0.1, -0.05) is 24.3 Å². The Kier molecular flexibility index (Phi) is 6.24. The largest absolute Gasteiger partial charge is 0.360 e. The molecule has 27 heavy (non-hydrogen) atoms. The van der Waals surface area contributed by atoms with Crippen LogP contribution in [0.1, 0.15) is 28.4 Å². The van der Waals surface area contributed by atoms with Crippen LogP contribution in [-0.2, 0) is 11.3 Å². The molecule has 0 spiro atoms. The number of carbonyl (C=O) groups excluding carboxylic acids is 2. The molecule has 0 saturated carbocycles. The van der Waals surface area contributed by atoms with E-state index in [-0.39, 0.29) is 11.7 Å². The zero-order valence-corrected chi connectivity index (χ0v) is 16.1. The minimum absolute atomic E-state index is 0.0903. The fourth-order valence-corrected chi connectivity index (χ4v) is 3.46. The van der Waals surface area contributed by atoms with Gasteiger partial charge in [0.15, 0.2) is 12.3 Å². The molecule has 0 unspecified atom stereocenters. The highest BCUT2D eigenvalue weighted by molar-refractivity contribution is 5.94. The summed E-state index contributed by atoms with van der Waals surface area (Å²) in [5.41, 5.74) is 4.26. The second-order valence-corrected chi connectivity index (χ2v) is 7.22. The molecule has 1 aliphatic heterocycles. The van der Waals surface area contributed by atoms with Gasteiger partial charge in [-0.3, -0.25) is 9.59 Å². The predicted octanol–water partition coefficient (Wildman–Crippen LogP) is 1.22. The van der Waals surface area contributed by atoms with Crippen molar-refractivity contribution >= 4 is 17.4 Å². The van der Waals surface area contributed by atoms with Gasteiger partial charge in [0.05, 0.1) is 26.2 Å². The van der Waals surface area contributed by atoms with E-state index in [1.807, 2.05) is 36.4 Å². The highest BCUT2D eigenvalue weighted by atomic mass is 16.2. The van der Waals surface area contributed by atoms with Crippen LogP contribution < -0.4 is 15.1 Å². The van der Waals surface area contributed by atoms with E-state index in [4.69, 9.17) is 0 Å². The van der Waals surface area contributed by atoms with Gasteiger partial charge < -0.3 is 15.1 Å². The van der Waals surface area contributed by atoms with Gasteiger partial charge >= 0.3 is 0 Å². The first kappa shape index (κ1) is 19.1.